The molecular formula is C23H25NO8. The monoisotopic (exact) mass is 443 g/mol. The minimum Gasteiger partial charge on any atom is -0.458 e. The fraction of sp³-hybridized carbons (Fsp3) is 0.304. The minimum atomic E-state index is -1.02. The largest absolute Gasteiger partial charge is 0.458 e. The highest BCUT2D eigenvalue weighted by atomic mass is 16.6. The van der Waals surface area contributed by atoms with Gasteiger partial charge in [-0.15, -0.1) is 0 Å². The summed E-state index contributed by atoms with van der Waals surface area (Å²) in [5.41, 5.74) is 6.89. The first-order chi connectivity index (χ1) is 15.2. The van der Waals surface area contributed by atoms with Gasteiger partial charge in [0.1, 0.15) is 18.8 Å². The number of nitrogens with two attached hydrogens (primary N) is 1. The zero-order valence-electron chi connectivity index (χ0n) is 18.0. The molecule has 0 aromatic heterocycles. The first-order valence-electron chi connectivity index (χ1n) is 9.83. The summed E-state index contributed by atoms with van der Waals surface area (Å²) in [6.45, 7) is 3.88. The molecule has 0 aliphatic carbocycles. The highest BCUT2D eigenvalue weighted by molar-refractivity contribution is 5.89. The molecule has 0 heterocycles. The van der Waals surface area contributed by atoms with Crippen molar-refractivity contribution in [2.45, 2.75) is 39.3 Å². The molecule has 0 radical (unpaired) electrons. The lowest BCUT2D eigenvalue weighted by molar-refractivity contribution is -0.151. The number of ether oxygens (including phenoxy) is 4. The van der Waals surface area contributed by atoms with E-state index in [0.29, 0.717) is 11.1 Å². The molecule has 0 saturated heterocycles. The van der Waals surface area contributed by atoms with Gasteiger partial charge in [0.15, 0.2) is 11.5 Å². The molecule has 32 heavy (non-hydrogen) atoms. The molecule has 9 heteroatoms. The van der Waals surface area contributed by atoms with E-state index in [4.69, 9.17) is 24.7 Å². The molecule has 0 spiro atoms. The maximum atomic E-state index is 12.3. The average molecular weight is 443 g/mol. The maximum absolute atomic E-state index is 12.3. The van der Waals surface area contributed by atoms with Crippen LogP contribution in [-0.4, -0.2) is 42.6 Å². The summed E-state index contributed by atoms with van der Waals surface area (Å²) in [7, 11) is 0. The minimum absolute atomic E-state index is 0.0342. The third-order valence-corrected chi connectivity index (χ3v) is 4.05. The second-order valence-corrected chi connectivity index (χ2v) is 6.99. The molecular weight excluding hydrogens is 418 g/mol. The van der Waals surface area contributed by atoms with Crippen molar-refractivity contribution in [1.29, 1.82) is 0 Å². The van der Waals surface area contributed by atoms with Crippen LogP contribution in [0.4, 0.5) is 0 Å². The molecule has 0 fully saturated rings. The van der Waals surface area contributed by atoms with Crippen LogP contribution >= 0.6 is 0 Å². The Morgan fingerprint density at radius 2 is 1.53 bits per heavy atom. The molecule has 0 amide bonds. The Bertz CT molecular complexity index is 973. The Balaban J connectivity index is 1.92. The second kappa shape index (κ2) is 11.6. The smallest absolute Gasteiger partial charge is 0.338 e. The molecule has 2 aromatic carbocycles. The van der Waals surface area contributed by atoms with Crippen LogP contribution < -0.4 is 15.2 Å². The summed E-state index contributed by atoms with van der Waals surface area (Å²) in [5, 5.41) is 0. The maximum Gasteiger partial charge on any atom is 0.338 e. The normalized spacial score (nSPS) is 12.2. The Morgan fingerprint density at radius 3 is 2.16 bits per heavy atom. The van der Waals surface area contributed by atoms with Crippen molar-refractivity contribution in [2.24, 2.45) is 5.73 Å². The highest BCUT2D eigenvalue weighted by Crippen LogP contribution is 2.29. The van der Waals surface area contributed by atoms with Crippen molar-refractivity contribution in [3.8, 4) is 11.5 Å². The van der Waals surface area contributed by atoms with Crippen LogP contribution in [0.3, 0.4) is 0 Å². The van der Waals surface area contributed by atoms with Gasteiger partial charge in [-0.1, -0.05) is 24.3 Å². The quantitative estimate of drug-likeness (QED) is 0.457. The van der Waals surface area contributed by atoms with Gasteiger partial charge in [-0.3, -0.25) is 14.4 Å². The van der Waals surface area contributed by atoms with Crippen molar-refractivity contribution < 1.29 is 38.1 Å². The van der Waals surface area contributed by atoms with Gasteiger partial charge >= 0.3 is 23.9 Å². The van der Waals surface area contributed by atoms with Crippen LogP contribution in [0.25, 0.3) is 0 Å². The van der Waals surface area contributed by atoms with Gasteiger partial charge in [-0.25, -0.2) is 4.79 Å². The number of hydrogen-bond donors (Lipinski definition) is 1. The number of hydrogen-bond acceptors (Lipinski definition) is 9. The SMILES string of the molecule is CC(=O)Oc1ccc(C[C@H](N)C(=O)O[C@@H](C)COC(=O)c2ccccc2)cc1OC(C)=O. The van der Waals surface area contributed by atoms with Gasteiger partial charge in [-0.05, 0) is 43.2 Å². The van der Waals surface area contributed by atoms with Gasteiger partial charge in [0.2, 0.25) is 0 Å². The lowest BCUT2D eigenvalue weighted by atomic mass is 10.1. The Hall–Kier alpha value is -3.72. The van der Waals surface area contributed by atoms with Crippen LogP contribution in [0.1, 0.15) is 36.7 Å². The van der Waals surface area contributed by atoms with Crippen LogP contribution in [0.2, 0.25) is 0 Å². The molecule has 2 rings (SSSR count). The van der Waals surface area contributed by atoms with Gasteiger partial charge in [0, 0.05) is 13.8 Å². The van der Waals surface area contributed by atoms with E-state index < -0.39 is 36.0 Å². The van der Waals surface area contributed by atoms with E-state index in [-0.39, 0.29) is 24.5 Å². The molecule has 9 nitrogen and oxygen atoms in total. The Labute approximate surface area is 185 Å². The number of carbonyl (C=O) groups excluding carboxylic acids is 4. The zero-order chi connectivity index (χ0) is 23.7. The summed E-state index contributed by atoms with van der Waals surface area (Å²) >= 11 is 0. The van der Waals surface area contributed by atoms with E-state index in [2.05, 4.69) is 0 Å². The standard InChI is InChI=1S/C23H25NO8/c1-14(13-29-22(27)18-7-5-4-6-8-18)30-23(28)19(24)11-17-9-10-20(31-15(2)25)21(12-17)32-16(3)26/h4-10,12,14,19H,11,13,24H2,1-3H3/t14-,19-/m0/s1. The average Bonchev–Trinajstić information content (AvgIpc) is 2.73. The number of carbonyl (C=O) groups is 4. The van der Waals surface area contributed by atoms with E-state index in [1.807, 2.05) is 0 Å². The van der Waals surface area contributed by atoms with Crippen molar-refractivity contribution in [1.82, 2.24) is 0 Å². The number of rotatable bonds is 9. The predicted molar refractivity (Wildman–Crippen MR) is 113 cm³/mol. The fourth-order valence-corrected chi connectivity index (χ4v) is 2.66. The molecule has 2 atom stereocenters. The fourth-order valence-electron chi connectivity index (χ4n) is 2.66. The van der Waals surface area contributed by atoms with Gasteiger partial charge < -0.3 is 24.7 Å². The van der Waals surface area contributed by atoms with Gasteiger partial charge in [0.05, 0.1) is 5.56 Å². The van der Waals surface area contributed by atoms with E-state index in [1.54, 1.807) is 43.3 Å². The van der Waals surface area contributed by atoms with Crippen LogP contribution in [0.5, 0.6) is 11.5 Å². The van der Waals surface area contributed by atoms with Crippen molar-refractivity contribution >= 4 is 23.9 Å². The summed E-state index contributed by atoms with van der Waals surface area (Å²) < 4.78 is 20.5. The molecule has 2 aromatic rings. The first kappa shape index (κ1) is 24.5. The highest BCUT2D eigenvalue weighted by Gasteiger charge is 2.21. The number of benzene rings is 2. The lowest BCUT2D eigenvalue weighted by Gasteiger charge is -2.17. The van der Waals surface area contributed by atoms with Crippen LogP contribution in [0, 0.1) is 0 Å². The Kier molecular flexibility index (Phi) is 8.91. The predicted octanol–water partition coefficient (Wildman–Crippen LogP) is 2.20. The van der Waals surface area contributed by atoms with E-state index in [0.717, 1.165) is 0 Å². The van der Waals surface area contributed by atoms with Crippen LogP contribution in [-0.2, 0) is 30.3 Å². The third-order valence-electron chi connectivity index (χ3n) is 4.05. The van der Waals surface area contributed by atoms with Crippen molar-refractivity contribution in [3.63, 3.8) is 0 Å². The lowest BCUT2D eigenvalue weighted by Crippen LogP contribution is -2.37. The van der Waals surface area contributed by atoms with E-state index in [1.165, 1.54) is 26.0 Å². The van der Waals surface area contributed by atoms with Crippen molar-refractivity contribution in [2.75, 3.05) is 6.61 Å². The summed E-state index contributed by atoms with van der Waals surface area (Å²) in [6.07, 6.45) is -0.631. The van der Waals surface area contributed by atoms with Gasteiger partial charge in [0.25, 0.3) is 0 Å². The van der Waals surface area contributed by atoms with E-state index >= 15 is 0 Å². The molecule has 0 saturated carbocycles. The molecule has 2 N–H and O–H groups in total. The summed E-state index contributed by atoms with van der Waals surface area (Å²) in [4.78, 5) is 46.8. The number of esters is 4. The molecule has 0 bridgehead atoms. The summed E-state index contributed by atoms with van der Waals surface area (Å²) in [5.74, 6) is -2.28. The molecule has 0 aliphatic rings. The third kappa shape index (κ3) is 7.84. The van der Waals surface area contributed by atoms with E-state index in [9.17, 15) is 19.2 Å². The zero-order valence-corrected chi connectivity index (χ0v) is 18.0. The second-order valence-electron chi connectivity index (χ2n) is 6.99. The molecule has 170 valence electrons. The van der Waals surface area contributed by atoms with Crippen LogP contribution in [0.15, 0.2) is 48.5 Å². The first-order valence-corrected chi connectivity index (χ1v) is 9.83. The van der Waals surface area contributed by atoms with Crippen molar-refractivity contribution in [3.05, 3.63) is 59.7 Å². The Morgan fingerprint density at radius 1 is 0.906 bits per heavy atom. The van der Waals surface area contributed by atoms with Gasteiger partial charge in [-0.2, -0.15) is 0 Å². The molecule has 0 unspecified atom stereocenters. The molecule has 0 aliphatic heterocycles. The summed E-state index contributed by atoms with van der Waals surface area (Å²) in [6, 6.07) is 11.9. The topological polar surface area (TPSA) is 131 Å².